The molecule has 0 spiro atoms. The van der Waals surface area contributed by atoms with Crippen molar-refractivity contribution in [1.82, 2.24) is 0 Å². The quantitative estimate of drug-likeness (QED) is 0.410. The summed E-state index contributed by atoms with van der Waals surface area (Å²) >= 11 is 0. The van der Waals surface area contributed by atoms with Gasteiger partial charge in [0.25, 0.3) is 0 Å². The Morgan fingerprint density at radius 2 is 1.50 bits per heavy atom. The van der Waals surface area contributed by atoms with Crippen LogP contribution in [-0.4, -0.2) is 23.9 Å². The average Bonchev–Trinajstić information content (AvgIpc) is 3.05. The number of ether oxygens (including phenoxy) is 1. The molecule has 180 valence electrons. The fraction of sp³-hybridized carbons (Fsp3) is 0.933. The Morgan fingerprint density at radius 3 is 2.25 bits per heavy atom. The number of fused-ring (bicyclic) bond motifs is 5. The van der Waals surface area contributed by atoms with E-state index in [0.29, 0.717) is 39.6 Å². The average molecular weight is 441 g/mol. The highest BCUT2D eigenvalue weighted by Gasteiger charge is 2.73. The van der Waals surface area contributed by atoms with E-state index in [9.17, 15) is 5.11 Å². The first-order valence-corrected chi connectivity index (χ1v) is 13.8. The molecule has 0 amide bonds. The van der Waals surface area contributed by atoms with Crippen LogP contribution in [0.4, 0.5) is 0 Å². The monoisotopic (exact) mass is 440 g/mol. The third-order valence-corrected chi connectivity index (χ3v) is 13.6. The summed E-state index contributed by atoms with van der Waals surface area (Å²) in [4.78, 5) is 0. The topological polar surface area (TPSA) is 29.5 Å². The number of rotatable bonds is 0. The van der Waals surface area contributed by atoms with Crippen LogP contribution in [0.25, 0.3) is 0 Å². The second-order valence-corrected chi connectivity index (χ2v) is 15.3. The van der Waals surface area contributed by atoms with Gasteiger partial charge in [-0.1, -0.05) is 60.6 Å². The molecule has 5 aliphatic carbocycles. The summed E-state index contributed by atoms with van der Waals surface area (Å²) in [5.74, 6) is 2.73. The van der Waals surface area contributed by atoms with Gasteiger partial charge >= 0.3 is 0 Å². The zero-order valence-electron chi connectivity index (χ0n) is 21.8. The maximum atomic E-state index is 11.5. The van der Waals surface area contributed by atoms with Gasteiger partial charge in [0.1, 0.15) is 0 Å². The fourth-order valence-electron chi connectivity index (χ4n) is 11.5. The molecular weight excluding hydrogens is 392 g/mol. The fourth-order valence-corrected chi connectivity index (χ4v) is 11.5. The Labute approximate surface area is 197 Å². The molecule has 0 aromatic carbocycles. The van der Waals surface area contributed by atoms with Crippen LogP contribution in [0, 0.1) is 56.2 Å². The van der Waals surface area contributed by atoms with E-state index in [-0.39, 0.29) is 16.9 Å². The molecular formula is C30H48O2. The minimum Gasteiger partial charge on any atom is -0.388 e. The van der Waals surface area contributed by atoms with Gasteiger partial charge in [-0.15, -0.1) is 0 Å². The van der Waals surface area contributed by atoms with Crippen molar-refractivity contribution in [3.05, 3.63) is 12.2 Å². The van der Waals surface area contributed by atoms with E-state index in [4.69, 9.17) is 4.74 Å². The van der Waals surface area contributed by atoms with Gasteiger partial charge in [-0.2, -0.15) is 0 Å². The molecule has 10 atom stereocenters. The molecule has 0 aromatic rings. The maximum absolute atomic E-state index is 11.5. The lowest BCUT2D eigenvalue weighted by Crippen LogP contribution is -2.68. The molecule has 6 rings (SSSR count). The van der Waals surface area contributed by atoms with Gasteiger partial charge in [-0.05, 0) is 102 Å². The minimum atomic E-state index is -0.298. The van der Waals surface area contributed by atoms with Gasteiger partial charge in [0.2, 0.25) is 0 Å². The second kappa shape index (κ2) is 6.26. The van der Waals surface area contributed by atoms with Crippen LogP contribution in [0.3, 0.4) is 0 Å². The number of hydrogen-bond donors (Lipinski definition) is 1. The standard InChI is InChI=1S/C30H48O2/c1-25(2)12-11-22(31)29(7)20(25)10-13-28(6)21(29)9-8-19-23-24-26(3,4)14-16-30(23,18-32-24)17-15-27(19,28)5/h11-12,19-24,31H,8-10,13-18H2,1-7H3/t19-,20+,21+,22+,23+,24-,27-,28-,29+,30-/m1/s1. The Bertz CT molecular complexity index is 842. The lowest BCUT2D eigenvalue weighted by molar-refractivity contribution is -0.248. The molecule has 5 fully saturated rings. The summed E-state index contributed by atoms with van der Waals surface area (Å²) in [7, 11) is 0. The summed E-state index contributed by atoms with van der Waals surface area (Å²) < 4.78 is 6.69. The van der Waals surface area contributed by atoms with E-state index in [1.165, 1.54) is 51.4 Å². The highest BCUT2D eigenvalue weighted by atomic mass is 16.5. The van der Waals surface area contributed by atoms with E-state index in [1.54, 1.807) is 0 Å². The molecule has 0 unspecified atom stereocenters. The van der Waals surface area contributed by atoms with E-state index in [2.05, 4.69) is 60.6 Å². The molecule has 6 aliphatic rings. The van der Waals surface area contributed by atoms with Crippen LogP contribution in [0.2, 0.25) is 0 Å². The number of aliphatic hydroxyl groups is 1. The number of hydrogen-bond acceptors (Lipinski definition) is 2. The molecule has 32 heavy (non-hydrogen) atoms. The lowest BCUT2D eigenvalue weighted by Gasteiger charge is -2.73. The molecule has 1 N–H and O–H groups in total. The van der Waals surface area contributed by atoms with Gasteiger partial charge in [-0.3, -0.25) is 0 Å². The van der Waals surface area contributed by atoms with E-state index in [1.807, 2.05) is 0 Å². The van der Waals surface area contributed by atoms with Crippen molar-refractivity contribution in [3.8, 4) is 0 Å². The first kappa shape index (κ1) is 22.1. The van der Waals surface area contributed by atoms with Crippen molar-refractivity contribution in [2.24, 2.45) is 56.2 Å². The smallest absolute Gasteiger partial charge is 0.0780 e. The van der Waals surface area contributed by atoms with E-state index in [0.717, 1.165) is 18.4 Å². The van der Waals surface area contributed by atoms with Crippen molar-refractivity contribution in [2.45, 2.75) is 112 Å². The SMILES string of the molecule is CC1(C)C=C[C@H](O)[C@]2(C)[C@H]3CC[C@@H]4[C@H]5[C@H]6OC[C@@]5(CCC6(C)C)CC[C@@]4(C)[C@]3(C)CC[C@@H]12. The second-order valence-electron chi connectivity index (χ2n) is 15.3. The minimum absolute atomic E-state index is 0.00428. The number of aliphatic hydroxyl groups excluding tert-OH is 1. The highest BCUT2D eigenvalue weighted by Crippen LogP contribution is 2.77. The number of allylic oxidation sites excluding steroid dienone is 1. The lowest BCUT2D eigenvalue weighted by atomic mass is 9.31. The summed E-state index contributed by atoms with van der Waals surface area (Å²) in [6, 6.07) is 0. The first-order chi connectivity index (χ1) is 14.8. The zero-order valence-corrected chi connectivity index (χ0v) is 21.8. The predicted molar refractivity (Wildman–Crippen MR) is 130 cm³/mol. The van der Waals surface area contributed by atoms with Gasteiger partial charge in [-0.25, -0.2) is 0 Å². The van der Waals surface area contributed by atoms with Crippen molar-refractivity contribution in [3.63, 3.8) is 0 Å². The summed E-state index contributed by atoms with van der Waals surface area (Å²) in [6.07, 6.45) is 15.3. The molecule has 2 bridgehead atoms. The van der Waals surface area contributed by atoms with Crippen LogP contribution in [0.15, 0.2) is 12.2 Å². The summed E-state index contributed by atoms with van der Waals surface area (Å²) in [5, 5.41) is 11.5. The van der Waals surface area contributed by atoms with E-state index < -0.39 is 0 Å². The van der Waals surface area contributed by atoms with Crippen LogP contribution >= 0.6 is 0 Å². The van der Waals surface area contributed by atoms with Crippen LogP contribution in [0.1, 0.15) is 99.8 Å². The normalized spacial score (nSPS) is 59.5. The van der Waals surface area contributed by atoms with Crippen molar-refractivity contribution < 1.29 is 9.84 Å². The van der Waals surface area contributed by atoms with Gasteiger partial charge in [0.15, 0.2) is 0 Å². The van der Waals surface area contributed by atoms with E-state index >= 15 is 0 Å². The van der Waals surface area contributed by atoms with Crippen molar-refractivity contribution in [1.29, 1.82) is 0 Å². The molecule has 2 nitrogen and oxygen atoms in total. The molecule has 2 heteroatoms. The predicted octanol–water partition coefficient (Wildman–Crippen LogP) is 7.01. The third-order valence-electron chi connectivity index (χ3n) is 13.6. The Kier molecular flexibility index (Phi) is 4.33. The summed E-state index contributed by atoms with van der Waals surface area (Å²) in [6.45, 7) is 18.6. The molecule has 0 radical (unpaired) electrons. The first-order valence-electron chi connectivity index (χ1n) is 13.8. The molecule has 4 saturated carbocycles. The summed E-state index contributed by atoms with van der Waals surface area (Å²) in [5.41, 5.74) is 1.64. The van der Waals surface area contributed by atoms with Crippen LogP contribution in [0.5, 0.6) is 0 Å². The molecule has 1 saturated heterocycles. The van der Waals surface area contributed by atoms with Gasteiger partial charge < -0.3 is 9.84 Å². The Morgan fingerprint density at radius 1 is 0.781 bits per heavy atom. The molecule has 1 aliphatic heterocycles. The van der Waals surface area contributed by atoms with Crippen LogP contribution in [-0.2, 0) is 4.74 Å². The third kappa shape index (κ3) is 2.36. The van der Waals surface area contributed by atoms with Gasteiger partial charge in [0, 0.05) is 5.41 Å². The Hall–Kier alpha value is -0.340. The molecule has 1 heterocycles. The van der Waals surface area contributed by atoms with Gasteiger partial charge in [0.05, 0.1) is 18.8 Å². The molecule has 0 aromatic heterocycles. The zero-order chi connectivity index (χ0) is 22.9. The maximum Gasteiger partial charge on any atom is 0.0780 e. The van der Waals surface area contributed by atoms with Crippen LogP contribution < -0.4 is 0 Å². The highest BCUT2D eigenvalue weighted by molar-refractivity contribution is 5.25. The Balaban J connectivity index is 1.42. The largest absolute Gasteiger partial charge is 0.388 e. The van der Waals surface area contributed by atoms with Crippen molar-refractivity contribution >= 4 is 0 Å². The van der Waals surface area contributed by atoms with Crippen molar-refractivity contribution in [2.75, 3.05) is 6.61 Å².